The lowest BCUT2D eigenvalue weighted by atomic mass is 10.1. The fourth-order valence-corrected chi connectivity index (χ4v) is 3.26. The molecule has 0 radical (unpaired) electrons. The molecule has 1 aromatic heterocycles. The summed E-state index contributed by atoms with van der Waals surface area (Å²) in [6.45, 7) is 1.92. The van der Waals surface area contributed by atoms with Crippen molar-refractivity contribution in [3.63, 3.8) is 0 Å². The number of hydrogen-bond donors (Lipinski definition) is 1. The van der Waals surface area contributed by atoms with Crippen molar-refractivity contribution >= 4 is 11.8 Å². The molecule has 4 heteroatoms. The van der Waals surface area contributed by atoms with Gasteiger partial charge < -0.3 is 5.32 Å². The number of nitrogens with one attached hydrogen (secondary N) is 1. The molecular formula is C12H19N3S. The molecular weight excluding hydrogens is 218 g/mol. The summed E-state index contributed by atoms with van der Waals surface area (Å²) in [6.07, 6.45) is 13.0. The van der Waals surface area contributed by atoms with Gasteiger partial charge in [0.1, 0.15) is 0 Å². The highest BCUT2D eigenvalue weighted by Crippen LogP contribution is 2.39. The van der Waals surface area contributed by atoms with Gasteiger partial charge >= 0.3 is 0 Å². The second kappa shape index (κ2) is 5.64. The van der Waals surface area contributed by atoms with Crippen molar-refractivity contribution in [2.24, 2.45) is 0 Å². The smallest absolute Gasteiger partial charge is 0.0724 e. The standard InChI is InChI=1S/C12H19N3S/c1-16-12(4-2-3-5-12)10-14-9-11-8-13-6-7-15-11/h6-8,14H,2-5,9-10H2,1H3. The van der Waals surface area contributed by atoms with Crippen molar-refractivity contribution in [1.29, 1.82) is 0 Å². The Bertz CT molecular complexity index is 309. The molecule has 0 bridgehead atoms. The summed E-state index contributed by atoms with van der Waals surface area (Å²) in [6, 6.07) is 0. The molecule has 0 atom stereocenters. The Morgan fingerprint density at radius 2 is 2.19 bits per heavy atom. The SMILES string of the molecule is CSC1(CNCc2cnccn2)CCCC1. The van der Waals surface area contributed by atoms with E-state index < -0.39 is 0 Å². The largest absolute Gasteiger partial charge is 0.310 e. The summed E-state index contributed by atoms with van der Waals surface area (Å²) in [5.74, 6) is 0. The third kappa shape index (κ3) is 2.95. The lowest BCUT2D eigenvalue weighted by Gasteiger charge is -2.26. The van der Waals surface area contributed by atoms with Crippen LogP contribution in [-0.4, -0.2) is 27.5 Å². The highest BCUT2D eigenvalue weighted by molar-refractivity contribution is 8.00. The average Bonchev–Trinajstić information content (AvgIpc) is 2.80. The van der Waals surface area contributed by atoms with Crippen molar-refractivity contribution in [3.05, 3.63) is 24.3 Å². The first-order valence-electron chi connectivity index (χ1n) is 5.85. The summed E-state index contributed by atoms with van der Waals surface area (Å²) < 4.78 is 0.474. The monoisotopic (exact) mass is 237 g/mol. The average molecular weight is 237 g/mol. The van der Waals surface area contributed by atoms with E-state index >= 15 is 0 Å². The number of thioether (sulfide) groups is 1. The van der Waals surface area contributed by atoms with E-state index in [1.165, 1.54) is 25.7 Å². The summed E-state index contributed by atoms with van der Waals surface area (Å²) in [4.78, 5) is 8.32. The van der Waals surface area contributed by atoms with Crippen LogP contribution in [0.4, 0.5) is 0 Å². The van der Waals surface area contributed by atoms with Gasteiger partial charge in [-0.1, -0.05) is 12.8 Å². The Morgan fingerprint density at radius 1 is 1.38 bits per heavy atom. The van der Waals surface area contributed by atoms with E-state index in [2.05, 4.69) is 21.5 Å². The zero-order valence-electron chi connectivity index (χ0n) is 9.78. The molecule has 2 rings (SSSR count). The van der Waals surface area contributed by atoms with Gasteiger partial charge in [-0.2, -0.15) is 11.8 Å². The number of rotatable bonds is 5. The van der Waals surface area contributed by atoms with Gasteiger partial charge in [0, 0.05) is 36.4 Å². The first kappa shape index (κ1) is 11.9. The Morgan fingerprint density at radius 3 is 2.81 bits per heavy atom. The quantitative estimate of drug-likeness (QED) is 0.852. The lowest BCUT2D eigenvalue weighted by molar-refractivity contribution is 0.530. The second-order valence-corrected chi connectivity index (χ2v) is 5.67. The van der Waals surface area contributed by atoms with Gasteiger partial charge in [-0.3, -0.25) is 9.97 Å². The first-order chi connectivity index (χ1) is 7.85. The number of nitrogens with zero attached hydrogens (tertiary/aromatic N) is 2. The van der Waals surface area contributed by atoms with Crippen LogP contribution in [0.15, 0.2) is 18.6 Å². The van der Waals surface area contributed by atoms with Crippen LogP contribution in [0.5, 0.6) is 0 Å². The Labute approximate surface area is 101 Å². The van der Waals surface area contributed by atoms with E-state index in [0.29, 0.717) is 4.75 Å². The third-order valence-electron chi connectivity index (χ3n) is 3.32. The van der Waals surface area contributed by atoms with Crippen LogP contribution in [0.3, 0.4) is 0 Å². The van der Waals surface area contributed by atoms with E-state index in [9.17, 15) is 0 Å². The predicted octanol–water partition coefficient (Wildman–Crippen LogP) is 2.24. The summed E-state index contributed by atoms with van der Waals surface area (Å²) >= 11 is 2.02. The van der Waals surface area contributed by atoms with Gasteiger partial charge in [0.05, 0.1) is 5.69 Å². The van der Waals surface area contributed by atoms with Gasteiger partial charge in [-0.25, -0.2) is 0 Å². The zero-order valence-corrected chi connectivity index (χ0v) is 10.6. The summed E-state index contributed by atoms with van der Waals surface area (Å²) in [7, 11) is 0. The molecule has 1 aliphatic rings. The van der Waals surface area contributed by atoms with E-state index in [4.69, 9.17) is 0 Å². The first-order valence-corrected chi connectivity index (χ1v) is 7.08. The Balaban J connectivity index is 1.79. The molecule has 1 aromatic rings. The maximum Gasteiger partial charge on any atom is 0.0724 e. The van der Waals surface area contributed by atoms with Crippen molar-refractivity contribution in [2.75, 3.05) is 12.8 Å². The highest BCUT2D eigenvalue weighted by Gasteiger charge is 2.32. The fourth-order valence-electron chi connectivity index (χ4n) is 2.31. The molecule has 16 heavy (non-hydrogen) atoms. The van der Waals surface area contributed by atoms with Gasteiger partial charge in [0.2, 0.25) is 0 Å². The normalized spacial score (nSPS) is 18.8. The molecule has 1 saturated carbocycles. The van der Waals surface area contributed by atoms with Gasteiger partial charge in [-0.15, -0.1) is 0 Å². The third-order valence-corrected chi connectivity index (χ3v) is 4.74. The maximum atomic E-state index is 4.26. The fraction of sp³-hybridized carbons (Fsp3) is 0.667. The summed E-state index contributed by atoms with van der Waals surface area (Å²) in [5, 5.41) is 3.51. The van der Waals surface area contributed by atoms with Crippen LogP contribution in [0.25, 0.3) is 0 Å². The van der Waals surface area contributed by atoms with E-state index in [1.807, 2.05) is 18.0 Å². The van der Waals surface area contributed by atoms with Crippen molar-refractivity contribution in [2.45, 2.75) is 37.0 Å². The van der Waals surface area contributed by atoms with Crippen molar-refractivity contribution < 1.29 is 0 Å². The topological polar surface area (TPSA) is 37.8 Å². The molecule has 0 saturated heterocycles. The van der Waals surface area contributed by atoms with Crippen LogP contribution in [0, 0.1) is 0 Å². The molecule has 1 heterocycles. The number of hydrogen-bond acceptors (Lipinski definition) is 4. The minimum Gasteiger partial charge on any atom is -0.310 e. The Hall–Kier alpha value is -0.610. The lowest BCUT2D eigenvalue weighted by Crippen LogP contribution is -2.34. The molecule has 1 aliphatic carbocycles. The Kier molecular flexibility index (Phi) is 4.18. The van der Waals surface area contributed by atoms with Crippen LogP contribution in [-0.2, 0) is 6.54 Å². The highest BCUT2D eigenvalue weighted by atomic mass is 32.2. The summed E-state index contributed by atoms with van der Waals surface area (Å²) in [5.41, 5.74) is 1.02. The predicted molar refractivity (Wildman–Crippen MR) is 68.5 cm³/mol. The minimum absolute atomic E-state index is 0.474. The van der Waals surface area contributed by atoms with Crippen molar-refractivity contribution in [1.82, 2.24) is 15.3 Å². The molecule has 3 nitrogen and oxygen atoms in total. The molecule has 0 aromatic carbocycles. The molecule has 0 spiro atoms. The van der Waals surface area contributed by atoms with Crippen LogP contribution in [0.1, 0.15) is 31.4 Å². The molecule has 0 aliphatic heterocycles. The van der Waals surface area contributed by atoms with E-state index in [0.717, 1.165) is 18.8 Å². The maximum absolute atomic E-state index is 4.26. The molecule has 0 unspecified atom stereocenters. The van der Waals surface area contributed by atoms with Gasteiger partial charge in [0.25, 0.3) is 0 Å². The van der Waals surface area contributed by atoms with Crippen molar-refractivity contribution in [3.8, 4) is 0 Å². The minimum atomic E-state index is 0.474. The second-order valence-electron chi connectivity index (χ2n) is 4.39. The molecule has 1 fully saturated rings. The molecule has 88 valence electrons. The van der Waals surface area contributed by atoms with E-state index in [-0.39, 0.29) is 0 Å². The molecule has 0 amide bonds. The molecule has 1 N–H and O–H groups in total. The number of aromatic nitrogens is 2. The van der Waals surface area contributed by atoms with E-state index in [1.54, 1.807) is 12.4 Å². The van der Waals surface area contributed by atoms with Gasteiger partial charge in [0.15, 0.2) is 0 Å². The zero-order chi connectivity index (χ0) is 11.3. The van der Waals surface area contributed by atoms with Crippen LogP contribution >= 0.6 is 11.8 Å². The van der Waals surface area contributed by atoms with Crippen LogP contribution in [0.2, 0.25) is 0 Å². The van der Waals surface area contributed by atoms with Gasteiger partial charge in [-0.05, 0) is 19.1 Å². The van der Waals surface area contributed by atoms with Crippen LogP contribution < -0.4 is 5.32 Å².